The molecular formula is C10H11NOS2. The molecule has 4 heteroatoms. The molecule has 2 aromatic heterocycles. The Morgan fingerprint density at radius 2 is 2.14 bits per heavy atom. The molecule has 0 radical (unpaired) electrons. The molecule has 14 heavy (non-hydrogen) atoms. The molecular weight excluding hydrogens is 214 g/mol. The van der Waals surface area contributed by atoms with E-state index in [-0.39, 0.29) is 0 Å². The highest BCUT2D eigenvalue weighted by Crippen LogP contribution is 2.30. The van der Waals surface area contributed by atoms with Gasteiger partial charge in [-0.15, -0.1) is 22.7 Å². The van der Waals surface area contributed by atoms with Gasteiger partial charge >= 0.3 is 0 Å². The minimum Gasteiger partial charge on any atom is -0.382 e. The van der Waals surface area contributed by atoms with Crippen molar-refractivity contribution in [2.75, 3.05) is 0 Å². The summed E-state index contributed by atoms with van der Waals surface area (Å²) in [6.07, 6.45) is -0.486. The van der Waals surface area contributed by atoms with Gasteiger partial charge in [-0.1, -0.05) is 6.07 Å². The first-order chi connectivity index (χ1) is 6.81. The van der Waals surface area contributed by atoms with Crippen LogP contribution in [0.15, 0.2) is 29.6 Å². The summed E-state index contributed by atoms with van der Waals surface area (Å²) < 4.78 is 0. The lowest BCUT2D eigenvalue weighted by Crippen LogP contribution is -1.93. The van der Waals surface area contributed by atoms with Crippen molar-refractivity contribution < 1.29 is 5.11 Å². The van der Waals surface area contributed by atoms with Crippen LogP contribution in [0.5, 0.6) is 0 Å². The molecule has 2 aromatic rings. The Balaban J connectivity index is 2.23. The van der Waals surface area contributed by atoms with E-state index in [0.717, 1.165) is 14.6 Å². The summed E-state index contributed by atoms with van der Waals surface area (Å²) in [5.74, 6) is 0. The Labute approximate surface area is 90.6 Å². The monoisotopic (exact) mass is 225 g/mol. The summed E-state index contributed by atoms with van der Waals surface area (Å²) in [5.41, 5.74) is 5.51. The predicted molar refractivity (Wildman–Crippen MR) is 60.6 cm³/mol. The van der Waals surface area contributed by atoms with Crippen LogP contribution < -0.4 is 5.73 Å². The number of aliphatic hydroxyl groups excluding tert-OH is 1. The van der Waals surface area contributed by atoms with Crippen molar-refractivity contribution in [3.05, 3.63) is 44.3 Å². The van der Waals surface area contributed by atoms with Crippen molar-refractivity contribution in [3.63, 3.8) is 0 Å². The smallest absolute Gasteiger partial charge is 0.122 e. The number of thiophene rings is 2. The number of hydrogen-bond acceptors (Lipinski definition) is 4. The first-order valence-electron chi connectivity index (χ1n) is 4.31. The summed E-state index contributed by atoms with van der Waals surface area (Å²) in [6, 6.07) is 7.80. The summed E-state index contributed by atoms with van der Waals surface area (Å²) in [6.45, 7) is 0.543. The quantitative estimate of drug-likeness (QED) is 0.842. The van der Waals surface area contributed by atoms with Crippen LogP contribution in [-0.2, 0) is 6.54 Å². The zero-order valence-electron chi connectivity index (χ0n) is 7.51. The van der Waals surface area contributed by atoms with Crippen LogP contribution in [0, 0.1) is 0 Å². The molecule has 74 valence electrons. The second kappa shape index (κ2) is 4.23. The normalized spacial score (nSPS) is 13.0. The van der Waals surface area contributed by atoms with Crippen LogP contribution in [0.25, 0.3) is 0 Å². The van der Waals surface area contributed by atoms with Gasteiger partial charge in [0.15, 0.2) is 0 Å². The van der Waals surface area contributed by atoms with Gasteiger partial charge < -0.3 is 10.8 Å². The summed E-state index contributed by atoms with van der Waals surface area (Å²) in [5, 5.41) is 11.9. The molecule has 0 unspecified atom stereocenters. The zero-order valence-corrected chi connectivity index (χ0v) is 9.15. The third-order valence-corrected chi connectivity index (χ3v) is 4.05. The summed E-state index contributed by atoms with van der Waals surface area (Å²) >= 11 is 3.14. The Bertz CT molecular complexity index is 394. The summed E-state index contributed by atoms with van der Waals surface area (Å²) in [4.78, 5) is 3.05. The van der Waals surface area contributed by atoms with E-state index < -0.39 is 6.10 Å². The fraction of sp³-hybridized carbons (Fsp3) is 0.200. The highest BCUT2D eigenvalue weighted by atomic mass is 32.1. The first-order valence-corrected chi connectivity index (χ1v) is 6.01. The van der Waals surface area contributed by atoms with Gasteiger partial charge in [-0.25, -0.2) is 0 Å². The average Bonchev–Trinajstić information content (AvgIpc) is 2.88. The molecule has 0 aliphatic carbocycles. The topological polar surface area (TPSA) is 46.2 Å². The third-order valence-electron chi connectivity index (χ3n) is 1.97. The van der Waals surface area contributed by atoms with E-state index in [0.29, 0.717) is 6.54 Å². The Morgan fingerprint density at radius 1 is 1.29 bits per heavy atom. The minimum atomic E-state index is -0.486. The lowest BCUT2D eigenvalue weighted by Gasteiger charge is -2.04. The number of aliphatic hydroxyl groups is 1. The van der Waals surface area contributed by atoms with Crippen molar-refractivity contribution in [3.8, 4) is 0 Å². The Morgan fingerprint density at radius 3 is 2.71 bits per heavy atom. The van der Waals surface area contributed by atoms with E-state index in [2.05, 4.69) is 0 Å². The molecule has 0 aromatic carbocycles. The molecule has 3 N–H and O–H groups in total. The van der Waals surface area contributed by atoms with Crippen LogP contribution in [0.1, 0.15) is 20.7 Å². The molecule has 0 fully saturated rings. The molecule has 2 heterocycles. The molecule has 0 bridgehead atoms. The van der Waals surface area contributed by atoms with Gasteiger partial charge in [-0.2, -0.15) is 0 Å². The standard InChI is InChI=1S/C10H11NOS2/c11-6-7-3-4-9(14-7)10(12)8-2-1-5-13-8/h1-5,10,12H,6,11H2/t10-/m1/s1. The predicted octanol–water partition coefficient (Wildman–Crippen LogP) is 2.35. The van der Waals surface area contributed by atoms with Gasteiger partial charge in [0.05, 0.1) is 0 Å². The molecule has 0 amide bonds. The maximum Gasteiger partial charge on any atom is 0.122 e. The van der Waals surface area contributed by atoms with E-state index in [9.17, 15) is 5.11 Å². The van der Waals surface area contributed by atoms with Crippen LogP contribution >= 0.6 is 22.7 Å². The molecule has 2 rings (SSSR count). The maximum absolute atomic E-state index is 9.97. The molecule has 0 saturated heterocycles. The van der Waals surface area contributed by atoms with Gasteiger partial charge in [-0.3, -0.25) is 0 Å². The van der Waals surface area contributed by atoms with E-state index in [1.54, 1.807) is 22.7 Å². The highest BCUT2D eigenvalue weighted by molar-refractivity contribution is 7.12. The summed E-state index contributed by atoms with van der Waals surface area (Å²) in [7, 11) is 0. The first kappa shape index (κ1) is 9.86. The lowest BCUT2D eigenvalue weighted by atomic mass is 10.2. The second-order valence-electron chi connectivity index (χ2n) is 2.93. The average molecular weight is 225 g/mol. The van der Waals surface area contributed by atoms with Crippen molar-refractivity contribution in [1.29, 1.82) is 0 Å². The van der Waals surface area contributed by atoms with Crippen molar-refractivity contribution >= 4 is 22.7 Å². The highest BCUT2D eigenvalue weighted by Gasteiger charge is 2.13. The number of rotatable bonds is 3. The molecule has 2 nitrogen and oxygen atoms in total. The number of nitrogens with two attached hydrogens (primary N) is 1. The largest absolute Gasteiger partial charge is 0.382 e. The van der Waals surface area contributed by atoms with E-state index in [4.69, 9.17) is 5.73 Å². The fourth-order valence-corrected chi connectivity index (χ4v) is 2.94. The van der Waals surface area contributed by atoms with Crippen LogP contribution in [0.3, 0.4) is 0 Å². The van der Waals surface area contributed by atoms with Crippen molar-refractivity contribution in [1.82, 2.24) is 0 Å². The zero-order chi connectivity index (χ0) is 9.97. The second-order valence-corrected chi connectivity index (χ2v) is 5.11. The molecule has 0 saturated carbocycles. The molecule has 0 spiro atoms. The molecule has 1 atom stereocenters. The van der Waals surface area contributed by atoms with E-state index in [1.165, 1.54) is 0 Å². The van der Waals surface area contributed by atoms with E-state index in [1.807, 2.05) is 29.6 Å². The fourth-order valence-electron chi connectivity index (χ4n) is 1.24. The van der Waals surface area contributed by atoms with Crippen molar-refractivity contribution in [2.45, 2.75) is 12.6 Å². The van der Waals surface area contributed by atoms with Crippen molar-refractivity contribution in [2.24, 2.45) is 5.73 Å². The van der Waals surface area contributed by atoms with E-state index >= 15 is 0 Å². The van der Waals surface area contributed by atoms with Gasteiger partial charge in [0, 0.05) is 21.2 Å². The Kier molecular flexibility index (Phi) is 2.98. The van der Waals surface area contributed by atoms with Gasteiger partial charge in [0.1, 0.15) is 6.10 Å². The molecule has 0 aliphatic heterocycles. The van der Waals surface area contributed by atoms with Crippen LogP contribution in [0.4, 0.5) is 0 Å². The van der Waals surface area contributed by atoms with Gasteiger partial charge in [0.2, 0.25) is 0 Å². The Hall–Kier alpha value is -0.680. The third kappa shape index (κ3) is 1.88. The van der Waals surface area contributed by atoms with Gasteiger partial charge in [-0.05, 0) is 23.6 Å². The van der Waals surface area contributed by atoms with Crippen LogP contribution in [0.2, 0.25) is 0 Å². The minimum absolute atomic E-state index is 0.486. The number of hydrogen-bond donors (Lipinski definition) is 2. The molecule has 0 aliphatic rings. The SMILES string of the molecule is NCc1ccc([C@H](O)c2cccs2)s1. The lowest BCUT2D eigenvalue weighted by molar-refractivity contribution is 0.228. The van der Waals surface area contributed by atoms with Crippen LogP contribution in [-0.4, -0.2) is 5.11 Å². The maximum atomic E-state index is 9.97. The van der Waals surface area contributed by atoms with Gasteiger partial charge in [0.25, 0.3) is 0 Å².